The smallest absolute Gasteiger partial charge is 0.242 e. The van der Waals surface area contributed by atoms with Gasteiger partial charge < -0.3 is 14.5 Å². The average Bonchev–Trinajstić information content (AvgIpc) is 2.54. The van der Waals surface area contributed by atoms with Gasteiger partial charge in [0.2, 0.25) is 11.8 Å². The van der Waals surface area contributed by atoms with Gasteiger partial charge in [0.1, 0.15) is 0 Å². The summed E-state index contributed by atoms with van der Waals surface area (Å²) in [6, 6.07) is 8.06. The van der Waals surface area contributed by atoms with Crippen molar-refractivity contribution in [2.75, 3.05) is 45.6 Å². The number of amides is 2. The lowest BCUT2D eigenvalue weighted by atomic mass is 10.2. The summed E-state index contributed by atoms with van der Waals surface area (Å²) in [5.41, 5.74) is 1.20. The zero-order valence-corrected chi connectivity index (χ0v) is 13.9. The number of hydrogen-bond donors (Lipinski definition) is 0. The van der Waals surface area contributed by atoms with Gasteiger partial charge in [-0.3, -0.25) is 9.59 Å². The molecule has 5 nitrogen and oxygen atoms in total. The van der Waals surface area contributed by atoms with Gasteiger partial charge in [-0.05, 0) is 19.1 Å². The van der Waals surface area contributed by atoms with Crippen LogP contribution in [0.3, 0.4) is 0 Å². The minimum absolute atomic E-state index is 0.0144. The van der Waals surface area contributed by atoms with Crippen molar-refractivity contribution >= 4 is 23.6 Å². The number of carbonyl (C=O) groups excluding carboxylic acids is 2. The molecule has 120 valence electrons. The molecule has 0 saturated carbocycles. The molecule has 0 unspecified atom stereocenters. The first-order valence-corrected chi connectivity index (χ1v) is 8.34. The Morgan fingerprint density at radius 3 is 2.50 bits per heavy atom. The van der Waals surface area contributed by atoms with E-state index in [-0.39, 0.29) is 18.4 Å². The van der Waals surface area contributed by atoms with Crippen molar-refractivity contribution in [3.05, 3.63) is 29.8 Å². The Morgan fingerprint density at radius 2 is 1.86 bits per heavy atom. The Labute approximate surface area is 135 Å². The molecule has 0 radical (unpaired) electrons. The quantitative estimate of drug-likeness (QED) is 0.769. The van der Waals surface area contributed by atoms with Gasteiger partial charge in [-0.15, -0.1) is 11.8 Å². The van der Waals surface area contributed by atoms with E-state index in [2.05, 4.69) is 0 Å². The van der Waals surface area contributed by atoms with Gasteiger partial charge in [0.15, 0.2) is 0 Å². The predicted octanol–water partition coefficient (Wildman–Crippen LogP) is 1.40. The van der Waals surface area contributed by atoms with Gasteiger partial charge in [0.25, 0.3) is 0 Å². The van der Waals surface area contributed by atoms with Crippen LogP contribution >= 0.6 is 11.8 Å². The molecule has 0 bridgehead atoms. The van der Waals surface area contributed by atoms with Crippen LogP contribution in [-0.2, 0) is 14.3 Å². The highest BCUT2D eigenvalue weighted by atomic mass is 32.2. The number of likely N-dealkylation sites (N-methyl/N-ethyl adjacent to an activating group) is 1. The number of hydrogen-bond acceptors (Lipinski definition) is 4. The fraction of sp³-hybridized carbons (Fsp3) is 0.500. The maximum atomic E-state index is 12.1. The lowest BCUT2D eigenvalue weighted by Gasteiger charge is -2.28. The van der Waals surface area contributed by atoms with Crippen molar-refractivity contribution in [1.82, 2.24) is 9.80 Å². The molecule has 6 heteroatoms. The molecule has 1 fully saturated rings. The predicted molar refractivity (Wildman–Crippen MR) is 86.9 cm³/mol. The molecule has 1 aromatic carbocycles. The zero-order chi connectivity index (χ0) is 15.9. The third-order valence-corrected chi connectivity index (χ3v) is 4.54. The normalized spacial score (nSPS) is 14.7. The molecule has 1 heterocycles. The van der Waals surface area contributed by atoms with Crippen LogP contribution in [0.4, 0.5) is 0 Å². The molecule has 0 atom stereocenters. The molecule has 22 heavy (non-hydrogen) atoms. The molecular weight excluding hydrogens is 300 g/mol. The first kappa shape index (κ1) is 16.8. The van der Waals surface area contributed by atoms with Crippen LogP contribution in [0.25, 0.3) is 0 Å². The monoisotopic (exact) mass is 322 g/mol. The van der Waals surface area contributed by atoms with E-state index in [1.165, 1.54) is 22.2 Å². The summed E-state index contributed by atoms with van der Waals surface area (Å²) in [5, 5.41) is 0. The minimum Gasteiger partial charge on any atom is -0.378 e. The number of thioether (sulfide) groups is 1. The highest BCUT2D eigenvalue weighted by Gasteiger charge is 2.20. The van der Waals surface area contributed by atoms with Gasteiger partial charge >= 0.3 is 0 Å². The summed E-state index contributed by atoms with van der Waals surface area (Å²) < 4.78 is 5.22. The molecule has 0 N–H and O–H groups in total. The Bertz CT molecular complexity index is 513. The second kappa shape index (κ2) is 8.19. The standard InChI is InChI=1S/C16H22N2O3S/c1-13-3-5-14(6-4-13)22-12-16(20)17(2)11-15(19)18-7-9-21-10-8-18/h3-6H,7-12H2,1-2H3. The van der Waals surface area contributed by atoms with Crippen molar-refractivity contribution in [3.8, 4) is 0 Å². The Balaban J connectivity index is 1.76. The molecule has 1 aromatic rings. The Morgan fingerprint density at radius 1 is 1.23 bits per heavy atom. The molecule has 0 aliphatic carbocycles. The van der Waals surface area contributed by atoms with E-state index in [0.717, 1.165) is 4.90 Å². The van der Waals surface area contributed by atoms with Crippen molar-refractivity contribution in [3.63, 3.8) is 0 Å². The van der Waals surface area contributed by atoms with Crippen molar-refractivity contribution in [1.29, 1.82) is 0 Å². The van der Waals surface area contributed by atoms with Crippen LogP contribution in [0.1, 0.15) is 5.56 Å². The van der Waals surface area contributed by atoms with E-state index in [0.29, 0.717) is 32.1 Å². The second-order valence-corrected chi connectivity index (χ2v) is 6.39. The lowest BCUT2D eigenvalue weighted by molar-refractivity contribution is -0.140. The van der Waals surface area contributed by atoms with Crippen LogP contribution in [0.15, 0.2) is 29.2 Å². The summed E-state index contributed by atoms with van der Waals surface area (Å²) in [7, 11) is 1.68. The van der Waals surface area contributed by atoms with Gasteiger partial charge in [-0.2, -0.15) is 0 Å². The van der Waals surface area contributed by atoms with E-state index in [1.807, 2.05) is 31.2 Å². The van der Waals surface area contributed by atoms with E-state index in [4.69, 9.17) is 4.74 Å². The van der Waals surface area contributed by atoms with Gasteiger partial charge in [0, 0.05) is 25.0 Å². The summed E-state index contributed by atoms with van der Waals surface area (Å²) in [4.78, 5) is 28.5. The van der Waals surface area contributed by atoms with Crippen LogP contribution in [0.5, 0.6) is 0 Å². The number of benzene rings is 1. The zero-order valence-electron chi connectivity index (χ0n) is 13.1. The Kier molecular flexibility index (Phi) is 6.27. The number of nitrogens with zero attached hydrogens (tertiary/aromatic N) is 2. The maximum absolute atomic E-state index is 12.1. The van der Waals surface area contributed by atoms with Crippen molar-refractivity contribution < 1.29 is 14.3 Å². The molecule has 1 aliphatic rings. The highest BCUT2D eigenvalue weighted by Crippen LogP contribution is 2.18. The molecule has 0 spiro atoms. The third-order valence-electron chi connectivity index (χ3n) is 3.55. The van der Waals surface area contributed by atoms with Crippen LogP contribution < -0.4 is 0 Å². The maximum Gasteiger partial charge on any atom is 0.242 e. The molecular formula is C16H22N2O3S. The first-order valence-electron chi connectivity index (χ1n) is 7.35. The van der Waals surface area contributed by atoms with Crippen molar-refractivity contribution in [2.24, 2.45) is 0 Å². The molecule has 2 amide bonds. The van der Waals surface area contributed by atoms with Gasteiger partial charge in [-0.25, -0.2) is 0 Å². The van der Waals surface area contributed by atoms with E-state index in [9.17, 15) is 9.59 Å². The van der Waals surface area contributed by atoms with E-state index >= 15 is 0 Å². The van der Waals surface area contributed by atoms with Crippen LogP contribution in [-0.4, -0.2) is 67.3 Å². The largest absolute Gasteiger partial charge is 0.378 e. The second-order valence-electron chi connectivity index (χ2n) is 5.34. The molecule has 1 saturated heterocycles. The number of ether oxygens (including phenoxy) is 1. The summed E-state index contributed by atoms with van der Waals surface area (Å²) in [5.74, 6) is 0.294. The summed E-state index contributed by atoms with van der Waals surface area (Å²) in [6.45, 7) is 4.54. The molecule has 2 rings (SSSR count). The van der Waals surface area contributed by atoms with Gasteiger partial charge in [0.05, 0.1) is 25.5 Å². The first-order chi connectivity index (χ1) is 10.6. The van der Waals surface area contributed by atoms with Crippen LogP contribution in [0.2, 0.25) is 0 Å². The SMILES string of the molecule is Cc1ccc(SCC(=O)N(C)CC(=O)N2CCOCC2)cc1. The summed E-state index contributed by atoms with van der Waals surface area (Å²) in [6.07, 6.45) is 0. The highest BCUT2D eigenvalue weighted by molar-refractivity contribution is 8.00. The fourth-order valence-corrected chi connectivity index (χ4v) is 2.93. The number of carbonyl (C=O) groups is 2. The topological polar surface area (TPSA) is 49.9 Å². The molecule has 1 aliphatic heterocycles. The lowest BCUT2D eigenvalue weighted by Crippen LogP contribution is -2.46. The average molecular weight is 322 g/mol. The third kappa shape index (κ3) is 5.03. The minimum atomic E-state index is -0.0350. The van der Waals surface area contributed by atoms with Crippen molar-refractivity contribution in [2.45, 2.75) is 11.8 Å². The Hall–Kier alpha value is -1.53. The molecule has 0 aromatic heterocycles. The fourth-order valence-electron chi connectivity index (χ4n) is 2.09. The summed E-state index contributed by atoms with van der Waals surface area (Å²) >= 11 is 1.49. The van der Waals surface area contributed by atoms with Crippen LogP contribution in [0, 0.1) is 6.92 Å². The number of aryl methyl sites for hydroxylation is 1. The van der Waals surface area contributed by atoms with E-state index < -0.39 is 0 Å². The van der Waals surface area contributed by atoms with E-state index in [1.54, 1.807) is 11.9 Å². The number of morpholine rings is 1. The van der Waals surface area contributed by atoms with Gasteiger partial charge in [-0.1, -0.05) is 17.7 Å². The number of rotatable bonds is 5.